The summed E-state index contributed by atoms with van der Waals surface area (Å²) in [5.74, 6) is 0. The van der Waals surface area contributed by atoms with Gasteiger partial charge in [0.1, 0.15) is 0 Å². The second-order valence-electron chi connectivity index (χ2n) is 3.39. The molecule has 0 aliphatic rings. The molecule has 1 N–H and O–H groups in total. The largest absolute Gasteiger partial charge is 0.349 e. The van der Waals surface area contributed by atoms with E-state index in [0.29, 0.717) is 6.54 Å². The van der Waals surface area contributed by atoms with Crippen LogP contribution in [0.2, 0.25) is 0 Å². The molecule has 1 aromatic carbocycles. The second kappa shape index (κ2) is 5.14. The number of rotatable bonds is 5. The topological polar surface area (TPSA) is 57.6 Å². The third kappa shape index (κ3) is 3.08. The van der Waals surface area contributed by atoms with Gasteiger partial charge < -0.3 is 4.90 Å². The van der Waals surface area contributed by atoms with Crippen LogP contribution in [0, 0.1) is 0 Å². The lowest BCUT2D eigenvalue weighted by atomic mass is 10.3. The highest BCUT2D eigenvalue weighted by atomic mass is 32.2. The molecule has 0 heterocycles. The van der Waals surface area contributed by atoms with Gasteiger partial charge in [0.25, 0.3) is 10.1 Å². The van der Waals surface area contributed by atoms with Crippen molar-refractivity contribution in [2.75, 3.05) is 11.4 Å². The summed E-state index contributed by atoms with van der Waals surface area (Å²) >= 11 is 0. The van der Waals surface area contributed by atoms with E-state index in [2.05, 4.69) is 6.58 Å². The standard InChI is InChI=1S/C11H15NO3S/c1-3-9-12(10(2)16(13,14)15)11-7-5-4-6-8-11/h3-8,10H,1,9H2,2H3,(H,13,14,15). The van der Waals surface area contributed by atoms with Gasteiger partial charge in [-0.15, -0.1) is 6.58 Å². The van der Waals surface area contributed by atoms with Crippen LogP contribution in [0.3, 0.4) is 0 Å². The minimum Gasteiger partial charge on any atom is -0.349 e. The molecule has 0 amide bonds. The Morgan fingerprint density at radius 1 is 1.44 bits per heavy atom. The Bertz CT molecular complexity index is 442. The summed E-state index contributed by atoms with van der Waals surface area (Å²) < 4.78 is 31.2. The van der Waals surface area contributed by atoms with Gasteiger partial charge in [-0.05, 0) is 19.1 Å². The first-order chi connectivity index (χ1) is 7.46. The number of nitrogens with zero attached hydrogens (tertiary/aromatic N) is 1. The average Bonchev–Trinajstić information content (AvgIpc) is 2.25. The molecule has 0 aromatic heterocycles. The van der Waals surface area contributed by atoms with Crippen molar-refractivity contribution in [3.8, 4) is 0 Å². The van der Waals surface area contributed by atoms with Gasteiger partial charge >= 0.3 is 0 Å². The molecule has 0 fully saturated rings. The summed E-state index contributed by atoms with van der Waals surface area (Å²) in [4.78, 5) is 1.56. The Hall–Kier alpha value is -1.33. The van der Waals surface area contributed by atoms with Crippen LogP contribution in [-0.2, 0) is 10.1 Å². The predicted molar refractivity (Wildman–Crippen MR) is 65.0 cm³/mol. The van der Waals surface area contributed by atoms with Gasteiger partial charge in [-0.1, -0.05) is 24.3 Å². The van der Waals surface area contributed by atoms with Crippen LogP contribution in [0.5, 0.6) is 0 Å². The summed E-state index contributed by atoms with van der Waals surface area (Å²) in [5, 5.41) is -0.993. The van der Waals surface area contributed by atoms with Crippen molar-refractivity contribution in [3.63, 3.8) is 0 Å². The van der Waals surface area contributed by atoms with Gasteiger partial charge in [0, 0.05) is 12.2 Å². The molecule has 0 spiro atoms. The molecule has 0 aliphatic heterocycles. The third-order valence-corrected chi connectivity index (χ3v) is 3.40. The highest BCUT2D eigenvalue weighted by Crippen LogP contribution is 2.18. The zero-order valence-corrected chi connectivity index (χ0v) is 9.89. The highest BCUT2D eigenvalue weighted by molar-refractivity contribution is 7.86. The first-order valence-electron chi connectivity index (χ1n) is 4.85. The maximum absolute atomic E-state index is 11.1. The lowest BCUT2D eigenvalue weighted by Crippen LogP contribution is -2.38. The van der Waals surface area contributed by atoms with Crippen molar-refractivity contribution >= 4 is 15.8 Å². The average molecular weight is 241 g/mol. The van der Waals surface area contributed by atoms with Gasteiger partial charge in [-0.2, -0.15) is 8.42 Å². The van der Waals surface area contributed by atoms with E-state index in [1.807, 2.05) is 18.2 Å². The SMILES string of the molecule is C=CCN(c1ccccc1)C(C)S(=O)(=O)O. The Kier molecular flexibility index (Phi) is 4.09. The number of para-hydroxylation sites is 1. The number of benzene rings is 1. The normalized spacial score (nSPS) is 13.1. The highest BCUT2D eigenvalue weighted by Gasteiger charge is 2.24. The Labute approximate surface area is 96.0 Å². The third-order valence-electron chi connectivity index (χ3n) is 2.28. The van der Waals surface area contributed by atoms with Crippen LogP contribution in [-0.4, -0.2) is 24.9 Å². The van der Waals surface area contributed by atoms with Crippen LogP contribution in [0.15, 0.2) is 43.0 Å². The quantitative estimate of drug-likeness (QED) is 0.632. The molecule has 1 rings (SSSR count). The van der Waals surface area contributed by atoms with Crippen molar-refractivity contribution in [3.05, 3.63) is 43.0 Å². The van der Waals surface area contributed by atoms with Crippen LogP contribution in [0.4, 0.5) is 5.69 Å². The fraction of sp³-hybridized carbons (Fsp3) is 0.273. The zero-order valence-electron chi connectivity index (χ0n) is 9.07. The lowest BCUT2D eigenvalue weighted by molar-refractivity contribution is 0.468. The molecule has 0 aliphatic carbocycles. The Morgan fingerprint density at radius 3 is 2.44 bits per heavy atom. The summed E-state index contributed by atoms with van der Waals surface area (Å²) in [6.45, 7) is 5.36. The lowest BCUT2D eigenvalue weighted by Gasteiger charge is -2.27. The van der Waals surface area contributed by atoms with E-state index < -0.39 is 15.5 Å². The van der Waals surface area contributed by atoms with Gasteiger partial charge in [0.05, 0.1) is 0 Å². The van der Waals surface area contributed by atoms with E-state index in [9.17, 15) is 8.42 Å². The molecule has 1 unspecified atom stereocenters. The zero-order chi connectivity index (χ0) is 12.2. The summed E-state index contributed by atoms with van der Waals surface area (Å²) in [6.07, 6.45) is 1.59. The van der Waals surface area contributed by atoms with Crippen molar-refractivity contribution < 1.29 is 13.0 Å². The molecule has 0 radical (unpaired) electrons. The van der Waals surface area contributed by atoms with E-state index in [1.165, 1.54) is 6.92 Å². The summed E-state index contributed by atoms with van der Waals surface area (Å²) in [6, 6.07) is 9.02. The molecule has 4 nitrogen and oxygen atoms in total. The number of hydrogen-bond acceptors (Lipinski definition) is 3. The summed E-state index contributed by atoms with van der Waals surface area (Å²) in [5.41, 5.74) is 0.729. The van der Waals surface area contributed by atoms with Crippen molar-refractivity contribution in [1.82, 2.24) is 0 Å². The molecule has 1 atom stereocenters. The van der Waals surface area contributed by atoms with Crippen molar-refractivity contribution in [2.24, 2.45) is 0 Å². The Morgan fingerprint density at radius 2 is 2.00 bits per heavy atom. The monoisotopic (exact) mass is 241 g/mol. The minimum atomic E-state index is -4.09. The van der Waals surface area contributed by atoms with E-state index in [0.717, 1.165) is 5.69 Å². The summed E-state index contributed by atoms with van der Waals surface area (Å²) in [7, 11) is -4.09. The fourth-order valence-corrected chi connectivity index (χ4v) is 1.91. The first-order valence-corrected chi connectivity index (χ1v) is 6.36. The molecule has 0 saturated heterocycles. The molecule has 5 heteroatoms. The van der Waals surface area contributed by atoms with E-state index >= 15 is 0 Å². The molecule has 1 aromatic rings. The number of anilines is 1. The fourth-order valence-electron chi connectivity index (χ4n) is 1.38. The van der Waals surface area contributed by atoms with Crippen LogP contribution in [0.25, 0.3) is 0 Å². The van der Waals surface area contributed by atoms with Crippen LogP contribution >= 0.6 is 0 Å². The first kappa shape index (κ1) is 12.7. The molecular weight excluding hydrogens is 226 g/mol. The Balaban J connectivity index is 3.05. The molecule has 0 saturated carbocycles. The second-order valence-corrected chi connectivity index (χ2v) is 5.10. The van der Waals surface area contributed by atoms with Crippen molar-refractivity contribution in [2.45, 2.75) is 12.3 Å². The van der Waals surface area contributed by atoms with E-state index in [-0.39, 0.29) is 0 Å². The van der Waals surface area contributed by atoms with Crippen molar-refractivity contribution in [1.29, 1.82) is 0 Å². The van der Waals surface area contributed by atoms with Crippen LogP contribution < -0.4 is 4.90 Å². The number of hydrogen-bond donors (Lipinski definition) is 1. The molecule has 0 bridgehead atoms. The van der Waals surface area contributed by atoms with Gasteiger partial charge in [0.15, 0.2) is 5.37 Å². The van der Waals surface area contributed by atoms with Crippen LogP contribution in [0.1, 0.15) is 6.92 Å². The molecule has 16 heavy (non-hydrogen) atoms. The maximum atomic E-state index is 11.1. The minimum absolute atomic E-state index is 0.352. The smallest absolute Gasteiger partial charge is 0.286 e. The van der Waals surface area contributed by atoms with Gasteiger partial charge in [-0.3, -0.25) is 4.55 Å². The van der Waals surface area contributed by atoms with Gasteiger partial charge in [0.2, 0.25) is 0 Å². The van der Waals surface area contributed by atoms with E-state index in [4.69, 9.17) is 4.55 Å². The van der Waals surface area contributed by atoms with Gasteiger partial charge in [-0.25, -0.2) is 0 Å². The molecular formula is C11H15NO3S. The molecule has 88 valence electrons. The van der Waals surface area contributed by atoms with E-state index in [1.54, 1.807) is 23.1 Å². The maximum Gasteiger partial charge on any atom is 0.286 e. The predicted octanol–water partition coefficient (Wildman–Crippen LogP) is 1.91.